The zero-order valence-electron chi connectivity index (χ0n) is 11.1. The van der Waals surface area contributed by atoms with E-state index in [4.69, 9.17) is 4.74 Å². The molecule has 0 fully saturated rings. The van der Waals surface area contributed by atoms with Crippen molar-refractivity contribution in [1.29, 1.82) is 0 Å². The van der Waals surface area contributed by atoms with Crippen molar-refractivity contribution in [1.82, 2.24) is 4.98 Å². The van der Waals surface area contributed by atoms with E-state index in [0.717, 1.165) is 5.56 Å². The molecule has 5 heteroatoms. The van der Waals surface area contributed by atoms with Crippen LogP contribution in [0.5, 0.6) is 17.4 Å². The van der Waals surface area contributed by atoms with Gasteiger partial charge in [-0.15, -0.1) is 0 Å². The maximum atomic E-state index is 13.8. The Labute approximate surface area is 111 Å². The first-order valence-electron chi connectivity index (χ1n) is 6.03. The maximum Gasteiger partial charge on any atom is 0.337 e. The molecule has 1 N–H and O–H groups in total. The fraction of sp³-hybridized carbons (Fsp3) is 0.286. The molecule has 2 rings (SSSR count). The molecule has 4 nitrogen and oxygen atoms in total. The Morgan fingerprint density at radius 1 is 1.42 bits per heavy atom. The van der Waals surface area contributed by atoms with Gasteiger partial charge in [0, 0.05) is 6.42 Å². The summed E-state index contributed by atoms with van der Waals surface area (Å²) in [7, 11) is 1.67. The molecule has 0 aliphatic carbocycles. The number of hydrogen-bond donors (Lipinski definition) is 1. The minimum absolute atomic E-state index is 0.0625. The summed E-state index contributed by atoms with van der Waals surface area (Å²) in [4.78, 5) is 4.07. The van der Waals surface area contributed by atoms with E-state index in [0.29, 0.717) is 12.1 Å². The number of rotatable bonds is 3. The smallest absolute Gasteiger partial charge is 0.337 e. The van der Waals surface area contributed by atoms with Crippen molar-refractivity contribution in [2.24, 2.45) is 7.05 Å². The molecule has 100 valence electrons. The van der Waals surface area contributed by atoms with Crippen molar-refractivity contribution >= 4 is 0 Å². The predicted octanol–water partition coefficient (Wildman–Crippen LogP) is 2.41. The molecule has 0 atom stereocenters. The third kappa shape index (κ3) is 2.65. The largest absolute Gasteiger partial charge is 0.499 e. The molecule has 0 aliphatic heterocycles. The van der Waals surface area contributed by atoms with Crippen molar-refractivity contribution in [2.75, 3.05) is 0 Å². The lowest BCUT2D eigenvalue weighted by molar-refractivity contribution is -0.679. The summed E-state index contributed by atoms with van der Waals surface area (Å²) in [5.41, 5.74) is 1.32. The lowest BCUT2D eigenvalue weighted by Gasteiger charge is -2.09. The molecule has 0 amide bonds. The summed E-state index contributed by atoms with van der Waals surface area (Å²) in [6, 6.07) is 4.67. The van der Waals surface area contributed by atoms with Crippen LogP contribution in [0.25, 0.3) is 0 Å². The monoisotopic (exact) mass is 263 g/mol. The minimum Gasteiger partial charge on any atom is -0.499 e. The van der Waals surface area contributed by atoms with Gasteiger partial charge in [0.15, 0.2) is 11.6 Å². The van der Waals surface area contributed by atoms with Crippen LogP contribution in [-0.4, -0.2) is 10.1 Å². The summed E-state index contributed by atoms with van der Waals surface area (Å²) in [6.07, 6.45) is 2.10. The Balaban J connectivity index is 2.43. The molecular weight excluding hydrogens is 247 g/mol. The van der Waals surface area contributed by atoms with Crippen LogP contribution in [-0.2, 0) is 13.5 Å². The summed E-state index contributed by atoms with van der Waals surface area (Å²) >= 11 is 0. The second-order valence-electron chi connectivity index (χ2n) is 4.35. The van der Waals surface area contributed by atoms with Crippen LogP contribution >= 0.6 is 0 Å². The molecule has 0 aliphatic rings. The number of aromatic hydroxyl groups is 1. The van der Waals surface area contributed by atoms with Crippen molar-refractivity contribution in [2.45, 2.75) is 20.3 Å². The summed E-state index contributed by atoms with van der Waals surface area (Å²) in [6.45, 7) is 3.67. The van der Waals surface area contributed by atoms with Crippen LogP contribution in [0.4, 0.5) is 4.39 Å². The number of aryl methyl sites for hydroxylation is 3. The quantitative estimate of drug-likeness (QED) is 0.865. The molecule has 0 saturated heterocycles. The highest BCUT2D eigenvalue weighted by Gasteiger charge is 2.21. The first-order valence-corrected chi connectivity index (χ1v) is 6.03. The Morgan fingerprint density at radius 3 is 2.79 bits per heavy atom. The number of halogens is 1. The first-order chi connectivity index (χ1) is 9.02. The van der Waals surface area contributed by atoms with Crippen molar-refractivity contribution in [3.05, 3.63) is 41.6 Å². The third-order valence-corrected chi connectivity index (χ3v) is 2.81. The van der Waals surface area contributed by atoms with Gasteiger partial charge in [-0.1, -0.05) is 13.0 Å². The molecule has 0 bridgehead atoms. The second kappa shape index (κ2) is 5.22. The van der Waals surface area contributed by atoms with Crippen LogP contribution in [0.1, 0.15) is 18.2 Å². The summed E-state index contributed by atoms with van der Waals surface area (Å²) < 4.78 is 20.7. The van der Waals surface area contributed by atoms with E-state index in [2.05, 4.69) is 4.98 Å². The standard InChI is InChI=1S/C14H15FN2O2/c1-4-11-13(18)14(17(3)8-16-11)19-12-6-5-9(2)7-10(12)15/h5-8H,4H2,1-3H3/p+1. The molecule has 0 unspecified atom stereocenters. The van der Waals surface area contributed by atoms with Crippen molar-refractivity contribution < 1.29 is 18.8 Å². The number of aromatic nitrogens is 2. The number of hydrogen-bond acceptors (Lipinski definition) is 3. The predicted molar refractivity (Wildman–Crippen MR) is 67.7 cm³/mol. The number of benzene rings is 1. The first kappa shape index (κ1) is 13.3. The molecule has 1 aromatic heterocycles. The van der Waals surface area contributed by atoms with E-state index in [1.54, 1.807) is 20.0 Å². The SMILES string of the molecule is CCc1nc[n+](C)c(Oc2ccc(C)cc2F)c1O. The average molecular weight is 263 g/mol. The molecular formula is C14H16FN2O2+. The van der Waals surface area contributed by atoms with E-state index in [1.165, 1.54) is 23.0 Å². The zero-order chi connectivity index (χ0) is 14.0. The van der Waals surface area contributed by atoms with Gasteiger partial charge in [-0.05, 0) is 29.6 Å². The Morgan fingerprint density at radius 2 is 2.16 bits per heavy atom. The summed E-state index contributed by atoms with van der Waals surface area (Å²) in [5, 5.41) is 10.0. The number of ether oxygens (including phenoxy) is 1. The molecule has 0 radical (unpaired) electrons. The molecule has 1 aromatic carbocycles. The van der Waals surface area contributed by atoms with Gasteiger partial charge in [0.2, 0.25) is 5.69 Å². The molecule has 0 spiro atoms. The summed E-state index contributed by atoms with van der Waals surface area (Å²) in [5.74, 6) is -0.277. The normalized spacial score (nSPS) is 10.5. The Kier molecular flexibility index (Phi) is 3.64. The number of nitrogens with zero attached hydrogens (tertiary/aromatic N) is 2. The van der Waals surface area contributed by atoms with Gasteiger partial charge in [0.1, 0.15) is 0 Å². The fourth-order valence-corrected chi connectivity index (χ4v) is 1.73. The maximum absolute atomic E-state index is 13.8. The highest BCUT2D eigenvalue weighted by molar-refractivity contribution is 5.37. The highest BCUT2D eigenvalue weighted by Crippen LogP contribution is 2.30. The fourth-order valence-electron chi connectivity index (χ4n) is 1.73. The van der Waals surface area contributed by atoms with E-state index in [1.807, 2.05) is 6.92 Å². The molecule has 2 aromatic rings. The van der Waals surface area contributed by atoms with E-state index in [9.17, 15) is 9.50 Å². The topological polar surface area (TPSA) is 46.2 Å². The lowest BCUT2D eigenvalue weighted by Crippen LogP contribution is -2.31. The van der Waals surface area contributed by atoms with E-state index in [-0.39, 0.29) is 17.4 Å². The minimum atomic E-state index is -0.464. The third-order valence-electron chi connectivity index (χ3n) is 2.81. The second-order valence-corrected chi connectivity index (χ2v) is 4.35. The Bertz CT molecular complexity index is 615. The molecule has 1 heterocycles. The Hall–Kier alpha value is -2.17. The van der Waals surface area contributed by atoms with Crippen LogP contribution < -0.4 is 9.30 Å². The molecule has 0 saturated carbocycles. The molecule has 19 heavy (non-hydrogen) atoms. The van der Waals surface area contributed by atoms with Crippen molar-refractivity contribution in [3.8, 4) is 17.4 Å². The van der Waals surface area contributed by atoms with Gasteiger partial charge in [-0.25, -0.2) is 4.39 Å². The van der Waals surface area contributed by atoms with E-state index >= 15 is 0 Å². The van der Waals surface area contributed by atoms with Crippen LogP contribution in [0.3, 0.4) is 0 Å². The van der Waals surface area contributed by atoms with Gasteiger partial charge in [-0.3, -0.25) is 0 Å². The van der Waals surface area contributed by atoms with Gasteiger partial charge >= 0.3 is 5.88 Å². The van der Waals surface area contributed by atoms with Crippen LogP contribution in [0.2, 0.25) is 0 Å². The zero-order valence-corrected chi connectivity index (χ0v) is 11.1. The lowest BCUT2D eigenvalue weighted by atomic mass is 10.2. The van der Waals surface area contributed by atoms with Gasteiger partial charge < -0.3 is 9.84 Å². The van der Waals surface area contributed by atoms with E-state index < -0.39 is 5.82 Å². The van der Waals surface area contributed by atoms with Crippen LogP contribution in [0.15, 0.2) is 24.5 Å². The van der Waals surface area contributed by atoms with Crippen molar-refractivity contribution in [3.63, 3.8) is 0 Å². The van der Waals surface area contributed by atoms with Gasteiger partial charge in [0.05, 0.1) is 7.05 Å². The van der Waals surface area contributed by atoms with Gasteiger partial charge in [0.25, 0.3) is 12.1 Å². The highest BCUT2D eigenvalue weighted by atomic mass is 19.1. The average Bonchev–Trinajstić information content (AvgIpc) is 2.37. The van der Waals surface area contributed by atoms with Gasteiger partial charge in [-0.2, -0.15) is 4.57 Å². The van der Waals surface area contributed by atoms with Crippen LogP contribution in [0, 0.1) is 12.7 Å².